The number of amides is 2. The molecule has 0 bridgehead atoms. The molecule has 4 heterocycles. The quantitative estimate of drug-likeness (QED) is 0.405. The van der Waals surface area contributed by atoms with Crippen LogP contribution in [0, 0.1) is 0 Å². The Bertz CT molecular complexity index is 1760. The summed E-state index contributed by atoms with van der Waals surface area (Å²) in [6.07, 6.45) is 0.401. The maximum Gasteiger partial charge on any atom is 0.246 e. The topological polar surface area (TPSA) is 135 Å². The van der Waals surface area contributed by atoms with Crippen molar-refractivity contribution in [3.8, 4) is 11.5 Å². The van der Waals surface area contributed by atoms with Crippen LogP contribution in [0.1, 0.15) is 28.4 Å². The lowest BCUT2D eigenvalue weighted by Gasteiger charge is -2.45. The number of hydrogen-bond acceptors (Lipinski definition) is 6. The van der Waals surface area contributed by atoms with Crippen LogP contribution in [0.3, 0.4) is 0 Å². The normalized spacial score (nSPS) is 19.3. The van der Waals surface area contributed by atoms with E-state index in [1.165, 1.54) is 12.1 Å². The first-order valence-electron chi connectivity index (χ1n) is 12.5. The molecule has 0 spiro atoms. The van der Waals surface area contributed by atoms with Gasteiger partial charge in [-0.05, 0) is 47.0 Å². The highest BCUT2D eigenvalue weighted by atomic mass is 32.2. The van der Waals surface area contributed by atoms with Gasteiger partial charge < -0.3 is 24.3 Å². The Morgan fingerprint density at radius 1 is 0.923 bits per heavy atom. The van der Waals surface area contributed by atoms with Crippen LogP contribution in [0.25, 0.3) is 10.9 Å². The number of nitrogens with one attached hydrogen (secondary N) is 1. The van der Waals surface area contributed by atoms with Crippen molar-refractivity contribution in [2.75, 3.05) is 13.3 Å². The fourth-order valence-electron chi connectivity index (χ4n) is 5.89. The molecular weight excluding hydrogens is 520 g/mol. The number of sulfonamides is 1. The molecule has 0 saturated carbocycles. The highest BCUT2D eigenvalue weighted by Crippen LogP contribution is 2.40. The second kappa shape index (κ2) is 8.58. The highest BCUT2D eigenvalue weighted by molar-refractivity contribution is 7.89. The number of hydrogen-bond donors (Lipinski definition) is 2. The van der Waals surface area contributed by atoms with Gasteiger partial charge >= 0.3 is 0 Å². The fourth-order valence-corrected chi connectivity index (χ4v) is 6.41. The van der Waals surface area contributed by atoms with Crippen LogP contribution in [-0.2, 0) is 32.6 Å². The fraction of sp³-hybridized carbons (Fsp3) is 0.214. The Balaban J connectivity index is 1.31. The molecule has 0 radical (unpaired) electrons. The zero-order valence-corrected chi connectivity index (χ0v) is 21.5. The molecule has 11 heteroatoms. The van der Waals surface area contributed by atoms with Crippen LogP contribution < -0.4 is 14.6 Å². The minimum absolute atomic E-state index is 0.0398. The highest BCUT2D eigenvalue weighted by Gasteiger charge is 2.45. The van der Waals surface area contributed by atoms with Gasteiger partial charge in [-0.2, -0.15) is 0 Å². The van der Waals surface area contributed by atoms with Gasteiger partial charge in [0, 0.05) is 23.0 Å². The first kappa shape index (κ1) is 23.7. The second-order valence-corrected chi connectivity index (χ2v) is 11.5. The van der Waals surface area contributed by atoms with Crippen LogP contribution >= 0.6 is 0 Å². The number of fused-ring (bicyclic) bond motifs is 5. The molecule has 1 saturated heterocycles. The van der Waals surface area contributed by atoms with E-state index in [0.717, 1.165) is 22.2 Å². The molecule has 1 aromatic heterocycles. The summed E-state index contributed by atoms with van der Waals surface area (Å²) in [6, 6.07) is 18.1. The van der Waals surface area contributed by atoms with E-state index in [0.29, 0.717) is 35.6 Å². The first-order chi connectivity index (χ1) is 18.8. The second-order valence-electron chi connectivity index (χ2n) is 9.96. The van der Waals surface area contributed by atoms with Crippen molar-refractivity contribution in [2.45, 2.75) is 29.9 Å². The molecule has 3 aliphatic heterocycles. The van der Waals surface area contributed by atoms with E-state index in [9.17, 15) is 18.0 Å². The third-order valence-electron chi connectivity index (χ3n) is 7.75. The molecule has 10 nitrogen and oxygen atoms in total. The summed E-state index contributed by atoms with van der Waals surface area (Å²) in [5.41, 5.74) is 4.33. The average molecular weight is 545 g/mol. The van der Waals surface area contributed by atoms with Crippen molar-refractivity contribution in [2.24, 2.45) is 5.14 Å². The SMILES string of the molecule is NS(=O)(=O)c1ccc(C(c2ccc3c(c2)OCO3)N2CC(=O)N3Cc4[nH]c5ccccc5c4C[C@@H]3C2=O)cc1. The smallest absolute Gasteiger partial charge is 0.246 e. The van der Waals surface area contributed by atoms with E-state index < -0.39 is 22.1 Å². The maximum absolute atomic E-state index is 14.2. The summed E-state index contributed by atoms with van der Waals surface area (Å²) >= 11 is 0. The van der Waals surface area contributed by atoms with Gasteiger partial charge in [0.1, 0.15) is 12.6 Å². The molecule has 2 atom stereocenters. The van der Waals surface area contributed by atoms with Crippen LogP contribution in [0.2, 0.25) is 0 Å². The van der Waals surface area contributed by atoms with Crippen molar-refractivity contribution in [1.82, 2.24) is 14.8 Å². The minimum atomic E-state index is -3.90. The molecule has 3 aromatic carbocycles. The van der Waals surface area contributed by atoms with E-state index in [1.54, 1.807) is 34.1 Å². The number of primary sulfonamides is 1. The summed E-state index contributed by atoms with van der Waals surface area (Å²) in [6.45, 7) is 0.309. The number of aromatic amines is 1. The number of carbonyl (C=O) groups excluding carboxylic acids is 2. The van der Waals surface area contributed by atoms with E-state index in [2.05, 4.69) is 4.98 Å². The Labute approximate surface area is 224 Å². The summed E-state index contributed by atoms with van der Waals surface area (Å²) in [7, 11) is -3.90. The van der Waals surface area contributed by atoms with Crippen molar-refractivity contribution >= 4 is 32.7 Å². The zero-order chi connectivity index (χ0) is 26.9. The number of piperazine rings is 1. The number of ether oxygens (including phenoxy) is 2. The summed E-state index contributed by atoms with van der Waals surface area (Å²) < 4.78 is 34.8. The third kappa shape index (κ3) is 3.84. The van der Waals surface area contributed by atoms with Gasteiger partial charge in [-0.3, -0.25) is 9.59 Å². The summed E-state index contributed by atoms with van der Waals surface area (Å²) in [5, 5.41) is 6.36. The van der Waals surface area contributed by atoms with Crippen LogP contribution in [0.5, 0.6) is 11.5 Å². The predicted octanol–water partition coefficient (Wildman–Crippen LogP) is 2.43. The largest absolute Gasteiger partial charge is 0.454 e. The lowest BCUT2D eigenvalue weighted by molar-refractivity contribution is -0.158. The average Bonchev–Trinajstić information content (AvgIpc) is 3.54. The van der Waals surface area contributed by atoms with Gasteiger partial charge in [-0.25, -0.2) is 13.6 Å². The van der Waals surface area contributed by atoms with Crippen LogP contribution in [0.15, 0.2) is 71.6 Å². The molecule has 7 rings (SSSR count). The predicted molar refractivity (Wildman–Crippen MR) is 140 cm³/mol. The maximum atomic E-state index is 14.2. The number of nitrogens with zero attached hydrogens (tertiary/aromatic N) is 2. The Kier molecular flexibility index (Phi) is 5.23. The molecular formula is C28H24N4O6S. The number of benzene rings is 3. The van der Waals surface area contributed by atoms with Gasteiger partial charge in [0.2, 0.25) is 28.6 Å². The molecule has 1 fully saturated rings. The molecule has 4 aromatic rings. The molecule has 39 heavy (non-hydrogen) atoms. The molecule has 198 valence electrons. The van der Waals surface area contributed by atoms with Gasteiger partial charge in [0.15, 0.2) is 11.5 Å². The molecule has 1 unspecified atom stereocenters. The lowest BCUT2D eigenvalue weighted by atomic mass is 9.90. The van der Waals surface area contributed by atoms with E-state index in [4.69, 9.17) is 14.6 Å². The van der Waals surface area contributed by atoms with Crippen molar-refractivity contribution in [1.29, 1.82) is 0 Å². The number of nitrogens with two attached hydrogens (primary N) is 1. The van der Waals surface area contributed by atoms with Gasteiger partial charge in [-0.1, -0.05) is 36.4 Å². The van der Waals surface area contributed by atoms with Crippen molar-refractivity contribution in [3.05, 3.63) is 89.1 Å². The minimum Gasteiger partial charge on any atom is -0.454 e. The van der Waals surface area contributed by atoms with Crippen molar-refractivity contribution < 1.29 is 27.5 Å². The summed E-state index contributed by atoms with van der Waals surface area (Å²) in [4.78, 5) is 34.3. The third-order valence-corrected chi connectivity index (χ3v) is 8.68. The van der Waals surface area contributed by atoms with Crippen LogP contribution in [0.4, 0.5) is 0 Å². The molecule has 3 N–H and O–H groups in total. The van der Waals surface area contributed by atoms with Gasteiger partial charge in [-0.15, -0.1) is 0 Å². The number of rotatable bonds is 4. The summed E-state index contributed by atoms with van der Waals surface area (Å²) in [5.74, 6) is 0.796. The van der Waals surface area contributed by atoms with E-state index in [-0.39, 0.29) is 30.0 Å². The monoisotopic (exact) mass is 544 g/mol. The van der Waals surface area contributed by atoms with E-state index >= 15 is 0 Å². The van der Waals surface area contributed by atoms with Crippen molar-refractivity contribution in [3.63, 3.8) is 0 Å². The Morgan fingerprint density at radius 3 is 2.46 bits per heavy atom. The van der Waals surface area contributed by atoms with Gasteiger partial charge in [0.05, 0.1) is 17.5 Å². The zero-order valence-electron chi connectivity index (χ0n) is 20.7. The number of H-pyrrole nitrogens is 1. The Hall–Kier alpha value is -4.35. The Morgan fingerprint density at radius 2 is 1.67 bits per heavy atom. The van der Waals surface area contributed by atoms with E-state index in [1.807, 2.05) is 30.3 Å². The molecule has 0 aliphatic carbocycles. The lowest BCUT2D eigenvalue weighted by Crippen LogP contribution is -2.62. The van der Waals surface area contributed by atoms with Crippen LogP contribution in [-0.4, -0.2) is 54.4 Å². The molecule has 3 aliphatic rings. The molecule has 2 amide bonds. The number of carbonyl (C=O) groups is 2. The number of para-hydroxylation sites is 1. The standard InChI is InChI=1S/C28H24N4O6S/c29-39(35,36)18-8-5-16(6-9-18)27(17-7-10-24-25(11-17)38-15-37-24)32-14-26(33)31-13-22-20(12-23(31)28(32)34)19-3-1-2-4-21(19)30-22/h1-11,23,27,30H,12-15H2,(H2,29,35,36)/t23-,27?/m1/s1. The number of aromatic nitrogens is 1. The first-order valence-corrected chi connectivity index (χ1v) is 14.0. The van der Waals surface area contributed by atoms with Gasteiger partial charge in [0.25, 0.3) is 0 Å².